The number of carbonyl (C=O) groups is 2. The summed E-state index contributed by atoms with van der Waals surface area (Å²) in [5.74, 6) is -0.181. The molecule has 1 aromatic carbocycles. The Labute approximate surface area is 187 Å². The lowest BCUT2D eigenvalue weighted by atomic mass is 9.97. The Kier molecular flexibility index (Phi) is 6.43. The van der Waals surface area contributed by atoms with Crippen molar-refractivity contribution in [1.82, 2.24) is 9.29 Å². The minimum atomic E-state index is -3.59. The van der Waals surface area contributed by atoms with E-state index in [-0.39, 0.29) is 22.3 Å². The summed E-state index contributed by atoms with van der Waals surface area (Å²) in [5.41, 5.74) is 6.20. The van der Waals surface area contributed by atoms with E-state index in [1.54, 1.807) is 30.5 Å². The minimum absolute atomic E-state index is 0.120. The van der Waals surface area contributed by atoms with Gasteiger partial charge in [0.25, 0.3) is 5.91 Å². The lowest BCUT2D eigenvalue weighted by Crippen LogP contribution is -2.41. The average Bonchev–Trinajstić information content (AvgIpc) is 3.36. The van der Waals surface area contributed by atoms with E-state index in [0.717, 1.165) is 32.2 Å². The monoisotopic (exact) mass is 457 g/mol. The molecule has 32 heavy (non-hydrogen) atoms. The molecule has 2 aliphatic rings. The topological polar surface area (TPSA) is 126 Å². The second-order valence-corrected chi connectivity index (χ2v) is 10.1. The van der Waals surface area contributed by atoms with Crippen LogP contribution in [0.2, 0.25) is 0 Å². The number of amides is 2. The standard InChI is InChI=1S/C22H27N5O4S/c23-21(28)17-6-4-10-26(15-17)20-9-8-18(14-24-20)25-22(29)16-5-3-7-19(13-16)32(30,31)27-11-1-2-12-27/h3,5,7-9,13-14,17H,1-2,4,6,10-12,15H2,(H2,23,28)(H,25,29). The zero-order valence-electron chi connectivity index (χ0n) is 17.7. The van der Waals surface area contributed by atoms with Gasteiger partial charge < -0.3 is 16.0 Å². The van der Waals surface area contributed by atoms with Gasteiger partial charge >= 0.3 is 0 Å². The Morgan fingerprint density at radius 3 is 2.53 bits per heavy atom. The maximum absolute atomic E-state index is 12.8. The highest BCUT2D eigenvalue weighted by atomic mass is 32.2. The number of anilines is 2. The Balaban J connectivity index is 1.44. The number of nitrogens with one attached hydrogen (secondary N) is 1. The highest BCUT2D eigenvalue weighted by Gasteiger charge is 2.28. The van der Waals surface area contributed by atoms with Crippen molar-refractivity contribution in [1.29, 1.82) is 0 Å². The van der Waals surface area contributed by atoms with Crippen LogP contribution in [0, 0.1) is 5.92 Å². The molecule has 3 heterocycles. The van der Waals surface area contributed by atoms with Crippen LogP contribution in [0.5, 0.6) is 0 Å². The molecule has 0 saturated carbocycles. The summed E-state index contributed by atoms with van der Waals surface area (Å²) in [5, 5.41) is 2.76. The van der Waals surface area contributed by atoms with E-state index >= 15 is 0 Å². The van der Waals surface area contributed by atoms with Crippen molar-refractivity contribution in [2.75, 3.05) is 36.4 Å². The second kappa shape index (κ2) is 9.25. The number of carbonyl (C=O) groups excluding carboxylic acids is 2. The fraction of sp³-hybridized carbons (Fsp3) is 0.409. The predicted octanol–water partition coefficient (Wildman–Crippen LogP) is 1.82. The highest BCUT2D eigenvalue weighted by molar-refractivity contribution is 7.89. The molecule has 0 radical (unpaired) electrons. The number of nitrogens with zero attached hydrogens (tertiary/aromatic N) is 3. The van der Waals surface area contributed by atoms with Gasteiger partial charge in [0.15, 0.2) is 0 Å². The van der Waals surface area contributed by atoms with Gasteiger partial charge in [-0.15, -0.1) is 0 Å². The summed E-state index contributed by atoms with van der Waals surface area (Å²) in [6, 6.07) is 9.59. The molecule has 3 N–H and O–H groups in total. The number of benzene rings is 1. The Bertz CT molecular complexity index is 1100. The fourth-order valence-electron chi connectivity index (χ4n) is 4.14. The first kappa shape index (κ1) is 22.2. The summed E-state index contributed by atoms with van der Waals surface area (Å²) in [6.07, 6.45) is 4.90. The second-order valence-electron chi connectivity index (χ2n) is 8.19. The molecule has 2 aliphatic heterocycles. The van der Waals surface area contributed by atoms with E-state index in [0.29, 0.717) is 31.1 Å². The molecule has 0 aliphatic carbocycles. The van der Waals surface area contributed by atoms with Crippen LogP contribution in [-0.2, 0) is 14.8 Å². The maximum atomic E-state index is 12.8. The molecule has 1 aromatic heterocycles. The minimum Gasteiger partial charge on any atom is -0.369 e. The number of primary amides is 1. The first-order valence-corrected chi connectivity index (χ1v) is 12.2. The van der Waals surface area contributed by atoms with E-state index in [9.17, 15) is 18.0 Å². The van der Waals surface area contributed by atoms with Gasteiger partial charge in [-0.3, -0.25) is 9.59 Å². The van der Waals surface area contributed by atoms with Crippen LogP contribution in [0.25, 0.3) is 0 Å². The lowest BCUT2D eigenvalue weighted by molar-refractivity contribution is -0.122. The van der Waals surface area contributed by atoms with Crippen molar-refractivity contribution < 1.29 is 18.0 Å². The fourth-order valence-corrected chi connectivity index (χ4v) is 5.71. The maximum Gasteiger partial charge on any atom is 0.255 e. The largest absolute Gasteiger partial charge is 0.369 e. The van der Waals surface area contributed by atoms with Gasteiger partial charge in [-0.25, -0.2) is 13.4 Å². The third kappa shape index (κ3) is 4.76. The van der Waals surface area contributed by atoms with Crippen molar-refractivity contribution in [2.24, 2.45) is 11.7 Å². The average molecular weight is 458 g/mol. The van der Waals surface area contributed by atoms with Crippen molar-refractivity contribution in [2.45, 2.75) is 30.6 Å². The normalized spacial score (nSPS) is 19.6. The van der Waals surface area contributed by atoms with Crippen LogP contribution >= 0.6 is 0 Å². The lowest BCUT2D eigenvalue weighted by Gasteiger charge is -2.32. The van der Waals surface area contributed by atoms with E-state index in [4.69, 9.17) is 5.73 Å². The summed E-state index contributed by atoms with van der Waals surface area (Å²) >= 11 is 0. The van der Waals surface area contributed by atoms with E-state index < -0.39 is 15.9 Å². The third-order valence-corrected chi connectivity index (χ3v) is 7.85. The van der Waals surface area contributed by atoms with Crippen LogP contribution in [-0.4, -0.2) is 55.7 Å². The van der Waals surface area contributed by atoms with Crippen LogP contribution in [0.4, 0.5) is 11.5 Å². The number of hydrogen-bond acceptors (Lipinski definition) is 6. The Hall–Kier alpha value is -2.98. The number of hydrogen-bond donors (Lipinski definition) is 2. The number of aromatic nitrogens is 1. The number of piperidine rings is 1. The number of pyridine rings is 1. The van der Waals surface area contributed by atoms with Gasteiger partial charge in [0.2, 0.25) is 15.9 Å². The van der Waals surface area contributed by atoms with Gasteiger partial charge in [0.05, 0.1) is 22.7 Å². The van der Waals surface area contributed by atoms with E-state index in [1.807, 2.05) is 4.90 Å². The molecule has 9 nitrogen and oxygen atoms in total. The van der Waals surface area contributed by atoms with Crippen molar-refractivity contribution in [3.8, 4) is 0 Å². The zero-order chi connectivity index (χ0) is 22.7. The van der Waals surface area contributed by atoms with Gasteiger partial charge in [0, 0.05) is 31.7 Å². The van der Waals surface area contributed by atoms with Crippen LogP contribution < -0.4 is 16.0 Å². The van der Waals surface area contributed by atoms with E-state index in [1.165, 1.54) is 16.4 Å². The molecule has 0 bridgehead atoms. The van der Waals surface area contributed by atoms with Crippen molar-refractivity contribution >= 4 is 33.3 Å². The first-order chi connectivity index (χ1) is 15.3. The van der Waals surface area contributed by atoms with Crippen molar-refractivity contribution in [3.63, 3.8) is 0 Å². The zero-order valence-corrected chi connectivity index (χ0v) is 18.6. The SMILES string of the molecule is NC(=O)C1CCCN(c2ccc(NC(=O)c3cccc(S(=O)(=O)N4CCCC4)c3)cn2)C1. The van der Waals surface area contributed by atoms with Crippen LogP contribution in [0.1, 0.15) is 36.0 Å². The third-order valence-electron chi connectivity index (χ3n) is 5.95. The van der Waals surface area contributed by atoms with Gasteiger partial charge in [-0.05, 0) is 56.0 Å². The highest BCUT2D eigenvalue weighted by Crippen LogP contribution is 2.24. The van der Waals surface area contributed by atoms with Crippen LogP contribution in [0.15, 0.2) is 47.5 Å². The molecule has 0 spiro atoms. The number of nitrogens with two attached hydrogens (primary N) is 1. The molecular formula is C22H27N5O4S. The molecule has 10 heteroatoms. The Morgan fingerprint density at radius 1 is 1.06 bits per heavy atom. The molecule has 2 saturated heterocycles. The van der Waals surface area contributed by atoms with E-state index in [2.05, 4.69) is 10.3 Å². The number of rotatable bonds is 6. The molecule has 2 aromatic rings. The van der Waals surface area contributed by atoms with Crippen LogP contribution in [0.3, 0.4) is 0 Å². The summed E-state index contributed by atoms with van der Waals surface area (Å²) in [7, 11) is -3.59. The van der Waals surface area contributed by atoms with Crippen molar-refractivity contribution in [3.05, 3.63) is 48.2 Å². The quantitative estimate of drug-likeness (QED) is 0.682. The first-order valence-electron chi connectivity index (χ1n) is 10.8. The molecule has 2 fully saturated rings. The number of sulfonamides is 1. The summed E-state index contributed by atoms with van der Waals surface area (Å²) in [4.78, 5) is 30.7. The van der Waals surface area contributed by atoms with Gasteiger partial charge in [0.1, 0.15) is 5.82 Å². The van der Waals surface area contributed by atoms with Gasteiger partial charge in [-0.2, -0.15) is 4.31 Å². The molecular weight excluding hydrogens is 430 g/mol. The molecule has 1 atom stereocenters. The summed E-state index contributed by atoms with van der Waals surface area (Å²) in [6.45, 7) is 2.34. The molecule has 170 valence electrons. The molecule has 1 unspecified atom stereocenters. The smallest absolute Gasteiger partial charge is 0.255 e. The predicted molar refractivity (Wildman–Crippen MR) is 121 cm³/mol. The molecule has 2 amide bonds. The Morgan fingerprint density at radius 2 is 1.84 bits per heavy atom. The molecule has 4 rings (SSSR count). The van der Waals surface area contributed by atoms with Gasteiger partial charge in [-0.1, -0.05) is 6.07 Å². The summed E-state index contributed by atoms with van der Waals surface area (Å²) < 4.78 is 27.0.